The van der Waals surface area contributed by atoms with Crippen molar-refractivity contribution in [3.8, 4) is 10.6 Å². The van der Waals surface area contributed by atoms with Gasteiger partial charge < -0.3 is 5.32 Å². The minimum Gasteiger partial charge on any atom is -0.309 e. The lowest BCUT2D eigenvalue weighted by Gasteiger charge is -2.21. The Morgan fingerprint density at radius 1 is 1.35 bits per heavy atom. The molecule has 4 heteroatoms. The number of nitrogens with one attached hydrogen (secondary N) is 1. The third kappa shape index (κ3) is 2.78. The second-order valence-electron chi connectivity index (χ2n) is 5.06. The van der Waals surface area contributed by atoms with E-state index in [1.807, 2.05) is 11.3 Å². The summed E-state index contributed by atoms with van der Waals surface area (Å²) < 4.78 is 0. The fraction of sp³-hybridized carbons (Fsp3) is 0.438. The van der Waals surface area contributed by atoms with Crippen molar-refractivity contribution in [2.24, 2.45) is 0 Å². The predicted octanol–water partition coefficient (Wildman–Crippen LogP) is 4.52. The summed E-state index contributed by atoms with van der Waals surface area (Å²) in [5.74, 6) is 0. The van der Waals surface area contributed by atoms with Gasteiger partial charge >= 0.3 is 0 Å². The number of thiazole rings is 1. The van der Waals surface area contributed by atoms with E-state index in [9.17, 15) is 0 Å². The molecule has 1 N–H and O–H groups in total. The number of fused-ring (bicyclic) bond motifs is 1. The Kier molecular flexibility index (Phi) is 4.44. The van der Waals surface area contributed by atoms with Crippen LogP contribution in [0.2, 0.25) is 0 Å². The molecule has 1 aliphatic carbocycles. The van der Waals surface area contributed by atoms with Crippen LogP contribution in [0.5, 0.6) is 0 Å². The largest absolute Gasteiger partial charge is 0.309 e. The maximum absolute atomic E-state index is 4.88. The Balaban J connectivity index is 1.91. The Hall–Kier alpha value is -0.840. The van der Waals surface area contributed by atoms with E-state index in [0.717, 1.165) is 13.0 Å². The smallest absolute Gasteiger partial charge is 0.123 e. The second kappa shape index (κ2) is 6.29. The Morgan fingerprint density at radius 3 is 2.85 bits per heavy atom. The summed E-state index contributed by atoms with van der Waals surface area (Å²) in [5, 5.41) is 4.76. The fourth-order valence-electron chi connectivity index (χ4n) is 2.72. The van der Waals surface area contributed by atoms with Crippen molar-refractivity contribution in [1.29, 1.82) is 0 Å². The number of aryl methyl sites for hydroxylation is 1. The van der Waals surface area contributed by atoms with Crippen LogP contribution in [-0.4, -0.2) is 17.8 Å². The summed E-state index contributed by atoms with van der Waals surface area (Å²) in [6.45, 7) is 3.21. The highest BCUT2D eigenvalue weighted by Crippen LogP contribution is 2.38. The van der Waals surface area contributed by atoms with Crippen molar-refractivity contribution in [2.75, 3.05) is 12.8 Å². The van der Waals surface area contributed by atoms with Crippen LogP contribution >= 0.6 is 23.1 Å². The number of aromatic nitrogens is 1. The SMILES string of the molecule is CCNC1CCCc2nc(-c3ccc(SC)cc3)sc21. The maximum Gasteiger partial charge on any atom is 0.123 e. The van der Waals surface area contributed by atoms with Gasteiger partial charge in [0.15, 0.2) is 0 Å². The monoisotopic (exact) mass is 304 g/mol. The quantitative estimate of drug-likeness (QED) is 0.841. The van der Waals surface area contributed by atoms with Gasteiger partial charge in [0.2, 0.25) is 0 Å². The molecule has 0 amide bonds. The zero-order chi connectivity index (χ0) is 13.9. The molecule has 3 rings (SSSR count). The first-order chi connectivity index (χ1) is 9.81. The van der Waals surface area contributed by atoms with E-state index in [-0.39, 0.29) is 0 Å². The molecule has 1 unspecified atom stereocenters. The lowest BCUT2D eigenvalue weighted by molar-refractivity contribution is 0.476. The van der Waals surface area contributed by atoms with Crippen LogP contribution in [0.4, 0.5) is 0 Å². The third-order valence-corrected chi connectivity index (χ3v) is 5.74. The van der Waals surface area contributed by atoms with E-state index < -0.39 is 0 Å². The molecular weight excluding hydrogens is 284 g/mol. The Morgan fingerprint density at radius 2 is 2.15 bits per heavy atom. The Labute approximate surface area is 129 Å². The summed E-state index contributed by atoms with van der Waals surface area (Å²) in [6, 6.07) is 9.27. The van der Waals surface area contributed by atoms with Gasteiger partial charge in [-0.2, -0.15) is 0 Å². The molecule has 106 valence electrons. The van der Waals surface area contributed by atoms with E-state index in [0.29, 0.717) is 6.04 Å². The van der Waals surface area contributed by atoms with Gasteiger partial charge in [0.25, 0.3) is 0 Å². The van der Waals surface area contributed by atoms with Crippen LogP contribution in [0.1, 0.15) is 36.4 Å². The van der Waals surface area contributed by atoms with Crippen molar-refractivity contribution < 1.29 is 0 Å². The number of hydrogen-bond acceptors (Lipinski definition) is 4. The first kappa shape index (κ1) is 14.1. The number of benzene rings is 1. The van der Waals surface area contributed by atoms with Crippen molar-refractivity contribution >= 4 is 23.1 Å². The van der Waals surface area contributed by atoms with Gasteiger partial charge in [0.05, 0.1) is 5.69 Å². The molecule has 0 bridgehead atoms. The van der Waals surface area contributed by atoms with Crippen LogP contribution in [0.25, 0.3) is 10.6 Å². The summed E-state index contributed by atoms with van der Waals surface area (Å²) in [7, 11) is 0. The van der Waals surface area contributed by atoms with E-state index in [4.69, 9.17) is 4.98 Å². The molecule has 0 radical (unpaired) electrons. The molecule has 2 aromatic rings. The molecule has 0 saturated carbocycles. The van der Waals surface area contributed by atoms with Crippen LogP contribution < -0.4 is 5.32 Å². The second-order valence-corrected chi connectivity index (χ2v) is 6.97. The molecule has 1 aliphatic rings. The van der Waals surface area contributed by atoms with Crippen molar-refractivity contribution in [3.63, 3.8) is 0 Å². The summed E-state index contributed by atoms with van der Waals surface area (Å²) >= 11 is 3.65. The van der Waals surface area contributed by atoms with Crippen LogP contribution in [0.15, 0.2) is 29.2 Å². The number of rotatable bonds is 4. The molecule has 0 fully saturated rings. The average Bonchev–Trinajstić information content (AvgIpc) is 2.93. The van der Waals surface area contributed by atoms with Gasteiger partial charge in [-0.3, -0.25) is 0 Å². The standard InChI is InChI=1S/C16H20N2S2/c1-3-17-13-5-4-6-14-15(13)20-16(18-14)11-7-9-12(19-2)10-8-11/h7-10,13,17H,3-6H2,1-2H3. The van der Waals surface area contributed by atoms with Gasteiger partial charge in [0.1, 0.15) is 5.01 Å². The molecule has 2 nitrogen and oxygen atoms in total. The lowest BCUT2D eigenvalue weighted by Crippen LogP contribution is -2.23. The molecule has 0 saturated heterocycles. The summed E-state index contributed by atoms with van der Waals surface area (Å²) in [4.78, 5) is 7.65. The topological polar surface area (TPSA) is 24.9 Å². The van der Waals surface area contributed by atoms with Gasteiger partial charge in [-0.15, -0.1) is 23.1 Å². The van der Waals surface area contributed by atoms with E-state index in [2.05, 4.69) is 42.8 Å². The number of nitrogens with zero attached hydrogens (tertiary/aromatic N) is 1. The molecule has 20 heavy (non-hydrogen) atoms. The van der Waals surface area contributed by atoms with Crippen molar-refractivity contribution in [2.45, 2.75) is 37.1 Å². The fourth-order valence-corrected chi connectivity index (χ4v) is 4.35. The highest BCUT2D eigenvalue weighted by atomic mass is 32.2. The summed E-state index contributed by atoms with van der Waals surface area (Å²) in [5.41, 5.74) is 2.56. The minimum atomic E-state index is 0.514. The molecular formula is C16H20N2S2. The highest BCUT2D eigenvalue weighted by Gasteiger charge is 2.24. The van der Waals surface area contributed by atoms with Crippen LogP contribution in [0.3, 0.4) is 0 Å². The molecule has 0 spiro atoms. The first-order valence-corrected chi connectivity index (χ1v) is 9.23. The maximum atomic E-state index is 4.88. The number of hydrogen-bond donors (Lipinski definition) is 1. The normalized spacial score (nSPS) is 18.0. The molecule has 1 aromatic carbocycles. The van der Waals surface area contributed by atoms with Crippen LogP contribution in [0, 0.1) is 0 Å². The molecule has 1 atom stereocenters. The molecule has 1 aromatic heterocycles. The lowest BCUT2D eigenvalue weighted by atomic mass is 9.98. The first-order valence-electron chi connectivity index (χ1n) is 7.19. The van der Waals surface area contributed by atoms with Crippen molar-refractivity contribution in [3.05, 3.63) is 34.8 Å². The zero-order valence-electron chi connectivity index (χ0n) is 12.0. The van der Waals surface area contributed by atoms with Gasteiger partial charge in [-0.05, 0) is 44.2 Å². The van der Waals surface area contributed by atoms with Crippen LogP contribution in [-0.2, 0) is 6.42 Å². The van der Waals surface area contributed by atoms with E-state index in [1.54, 1.807) is 11.8 Å². The average molecular weight is 304 g/mol. The van der Waals surface area contributed by atoms with E-state index >= 15 is 0 Å². The zero-order valence-corrected chi connectivity index (χ0v) is 13.6. The predicted molar refractivity (Wildman–Crippen MR) is 88.7 cm³/mol. The minimum absolute atomic E-state index is 0.514. The number of thioether (sulfide) groups is 1. The van der Waals surface area contributed by atoms with E-state index in [1.165, 1.54) is 38.9 Å². The van der Waals surface area contributed by atoms with Gasteiger partial charge in [-0.25, -0.2) is 4.98 Å². The molecule has 0 aliphatic heterocycles. The third-order valence-electron chi connectivity index (χ3n) is 3.74. The van der Waals surface area contributed by atoms with Gasteiger partial charge in [0, 0.05) is 21.4 Å². The van der Waals surface area contributed by atoms with Gasteiger partial charge in [-0.1, -0.05) is 19.1 Å². The Bertz CT molecular complexity index is 575. The van der Waals surface area contributed by atoms with Crippen molar-refractivity contribution in [1.82, 2.24) is 10.3 Å². The highest BCUT2D eigenvalue weighted by molar-refractivity contribution is 7.98. The molecule has 1 heterocycles. The summed E-state index contributed by atoms with van der Waals surface area (Å²) in [6.07, 6.45) is 5.74.